The summed E-state index contributed by atoms with van der Waals surface area (Å²) in [4.78, 5) is 28.3. The molecular formula is C16H28N2O3. The van der Waals surface area contributed by atoms with Crippen LogP contribution in [0.2, 0.25) is 0 Å². The predicted molar refractivity (Wildman–Crippen MR) is 80.8 cm³/mol. The molecule has 0 N–H and O–H groups in total. The molecule has 2 atom stereocenters. The molecule has 0 radical (unpaired) electrons. The molecule has 0 aromatic carbocycles. The maximum absolute atomic E-state index is 12.4. The monoisotopic (exact) mass is 296 g/mol. The molecule has 2 fully saturated rings. The van der Waals surface area contributed by atoms with Crippen LogP contribution in [-0.4, -0.2) is 61.5 Å². The number of hydrogen-bond donors (Lipinski definition) is 0. The van der Waals surface area contributed by atoms with Gasteiger partial charge in [0.25, 0.3) is 0 Å². The van der Waals surface area contributed by atoms with Crippen molar-refractivity contribution in [2.45, 2.75) is 39.0 Å². The van der Waals surface area contributed by atoms with Crippen LogP contribution in [0.4, 0.5) is 0 Å². The Hall–Kier alpha value is -1.10. The van der Waals surface area contributed by atoms with Gasteiger partial charge in [-0.1, -0.05) is 26.2 Å². The number of ether oxygens (including phenoxy) is 1. The number of methoxy groups -OCH3 is 1. The van der Waals surface area contributed by atoms with Crippen molar-refractivity contribution < 1.29 is 14.3 Å². The van der Waals surface area contributed by atoms with E-state index >= 15 is 0 Å². The molecule has 21 heavy (non-hydrogen) atoms. The molecule has 2 heterocycles. The van der Waals surface area contributed by atoms with Crippen molar-refractivity contribution in [3.8, 4) is 0 Å². The normalized spacial score (nSPS) is 28.0. The molecule has 0 saturated carbocycles. The van der Waals surface area contributed by atoms with Gasteiger partial charge in [0.2, 0.25) is 5.91 Å². The van der Waals surface area contributed by atoms with Crippen LogP contribution < -0.4 is 0 Å². The van der Waals surface area contributed by atoms with Crippen LogP contribution in [-0.2, 0) is 14.3 Å². The molecule has 0 aromatic heterocycles. The van der Waals surface area contributed by atoms with E-state index in [1.165, 1.54) is 26.4 Å². The number of rotatable bonds is 3. The largest absolute Gasteiger partial charge is 0.469 e. The van der Waals surface area contributed by atoms with E-state index in [4.69, 9.17) is 4.74 Å². The number of likely N-dealkylation sites (tertiary alicyclic amines) is 2. The van der Waals surface area contributed by atoms with Crippen LogP contribution in [0, 0.1) is 11.8 Å². The Balaban J connectivity index is 1.83. The molecule has 2 aliphatic heterocycles. The standard InChI is InChI=1S/C16H28N2O3/c1-13-10-17(11-14(13)16(20)21-2)12-15(19)18-8-6-4-3-5-7-9-18/h13-14H,3-12H2,1-2H3. The lowest BCUT2D eigenvalue weighted by molar-refractivity contribution is -0.146. The van der Waals surface area contributed by atoms with Gasteiger partial charge in [0, 0.05) is 26.2 Å². The van der Waals surface area contributed by atoms with Crippen molar-refractivity contribution in [2.75, 3.05) is 39.8 Å². The molecule has 5 heteroatoms. The van der Waals surface area contributed by atoms with E-state index in [0.717, 1.165) is 32.5 Å². The average molecular weight is 296 g/mol. The third-order valence-electron chi connectivity index (χ3n) is 4.76. The zero-order valence-corrected chi connectivity index (χ0v) is 13.3. The summed E-state index contributed by atoms with van der Waals surface area (Å²) < 4.78 is 4.84. The lowest BCUT2D eigenvalue weighted by atomic mass is 9.99. The highest BCUT2D eigenvalue weighted by Gasteiger charge is 2.36. The van der Waals surface area contributed by atoms with Crippen molar-refractivity contribution in [1.29, 1.82) is 0 Å². The molecule has 2 saturated heterocycles. The van der Waals surface area contributed by atoms with Crippen molar-refractivity contribution >= 4 is 11.9 Å². The number of nitrogens with zero attached hydrogens (tertiary/aromatic N) is 2. The SMILES string of the molecule is COC(=O)C1CN(CC(=O)N2CCCCCCC2)CC1C. The molecule has 2 rings (SSSR count). The quantitative estimate of drug-likeness (QED) is 0.741. The second-order valence-electron chi connectivity index (χ2n) is 6.45. The zero-order chi connectivity index (χ0) is 15.2. The van der Waals surface area contributed by atoms with Crippen LogP contribution in [0.3, 0.4) is 0 Å². The third-order valence-corrected chi connectivity index (χ3v) is 4.76. The summed E-state index contributed by atoms with van der Waals surface area (Å²) in [5, 5.41) is 0. The van der Waals surface area contributed by atoms with Gasteiger partial charge in [0.1, 0.15) is 0 Å². The van der Waals surface area contributed by atoms with Crippen molar-refractivity contribution in [3.05, 3.63) is 0 Å². The summed E-state index contributed by atoms with van der Waals surface area (Å²) in [7, 11) is 1.43. The Morgan fingerprint density at radius 2 is 1.67 bits per heavy atom. The summed E-state index contributed by atoms with van der Waals surface area (Å²) >= 11 is 0. The molecule has 2 aliphatic rings. The van der Waals surface area contributed by atoms with Gasteiger partial charge in [-0.2, -0.15) is 0 Å². The Kier molecular flexibility index (Phi) is 6.03. The Morgan fingerprint density at radius 3 is 2.29 bits per heavy atom. The number of hydrogen-bond acceptors (Lipinski definition) is 4. The van der Waals surface area contributed by atoms with Crippen molar-refractivity contribution in [1.82, 2.24) is 9.80 Å². The second kappa shape index (κ2) is 7.78. The van der Waals surface area contributed by atoms with Gasteiger partial charge in [0.05, 0.1) is 19.6 Å². The van der Waals surface area contributed by atoms with Gasteiger partial charge in [-0.3, -0.25) is 14.5 Å². The maximum atomic E-state index is 12.4. The Bertz CT molecular complexity index is 365. The molecule has 1 amide bonds. The van der Waals surface area contributed by atoms with Gasteiger partial charge < -0.3 is 9.64 Å². The second-order valence-corrected chi connectivity index (χ2v) is 6.45. The van der Waals surface area contributed by atoms with Gasteiger partial charge in [-0.05, 0) is 18.8 Å². The van der Waals surface area contributed by atoms with E-state index in [9.17, 15) is 9.59 Å². The predicted octanol–water partition coefficient (Wildman–Crippen LogP) is 1.52. The fourth-order valence-electron chi connectivity index (χ4n) is 3.44. The van der Waals surface area contributed by atoms with Crippen molar-refractivity contribution in [3.63, 3.8) is 0 Å². The molecule has 0 spiro atoms. The average Bonchev–Trinajstić information content (AvgIpc) is 2.78. The minimum atomic E-state index is -0.149. The van der Waals surface area contributed by atoms with Crippen LogP contribution >= 0.6 is 0 Å². The first-order valence-corrected chi connectivity index (χ1v) is 8.19. The molecular weight excluding hydrogens is 268 g/mol. The number of carbonyl (C=O) groups excluding carboxylic acids is 2. The van der Waals surface area contributed by atoms with E-state index in [1.54, 1.807) is 0 Å². The molecule has 0 aromatic rings. The van der Waals surface area contributed by atoms with Crippen molar-refractivity contribution in [2.24, 2.45) is 11.8 Å². The van der Waals surface area contributed by atoms with Crippen LogP contribution in [0.5, 0.6) is 0 Å². The third kappa shape index (κ3) is 4.43. The van der Waals surface area contributed by atoms with E-state index in [2.05, 4.69) is 11.8 Å². The minimum Gasteiger partial charge on any atom is -0.469 e. The van der Waals surface area contributed by atoms with Gasteiger partial charge in [0.15, 0.2) is 0 Å². The number of carbonyl (C=O) groups is 2. The molecule has 0 aliphatic carbocycles. The molecule has 120 valence electrons. The van der Waals surface area contributed by atoms with Gasteiger partial charge in [-0.15, -0.1) is 0 Å². The fourth-order valence-corrected chi connectivity index (χ4v) is 3.44. The fraction of sp³-hybridized carbons (Fsp3) is 0.875. The number of amides is 1. The van der Waals surface area contributed by atoms with E-state index < -0.39 is 0 Å². The maximum Gasteiger partial charge on any atom is 0.310 e. The highest BCUT2D eigenvalue weighted by molar-refractivity contribution is 5.79. The minimum absolute atomic E-state index is 0.0878. The molecule has 5 nitrogen and oxygen atoms in total. The summed E-state index contributed by atoms with van der Waals surface area (Å²) in [6, 6.07) is 0. The highest BCUT2D eigenvalue weighted by Crippen LogP contribution is 2.24. The Morgan fingerprint density at radius 1 is 1.05 bits per heavy atom. The lowest BCUT2D eigenvalue weighted by Crippen LogP contribution is -2.41. The molecule has 0 bridgehead atoms. The first kappa shape index (κ1) is 16.3. The summed E-state index contributed by atoms with van der Waals surface area (Å²) in [5.74, 6) is 0.242. The van der Waals surface area contributed by atoms with E-state index in [1.807, 2.05) is 4.90 Å². The first-order chi connectivity index (χ1) is 10.1. The highest BCUT2D eigenvalue weighted by atomic mass is 16.5. The topological polar surface area (TPSA) is 49.9 Å². The van der Waals surface area contributed by atoms with Crippen LogP contribution in [0.1, 0.15) is 39.0 Å². The Labute approximate surface area is 127 Å². The number of esters is 1. The summed E-state index contributed by atoms with van der Waals surface area (Å²) in [5.41, 5.74) is 0. The van der Waals surface area contributed by atoms with Gasteiger partial charge >= 0.3 is 5.97 Å². The van der Waals surface area contributed by atoms with E-state index in [0.29, 0.717) is 13.1 Å². The van der Waals surface area contributed by atoms with Gasteiger partial charge in [-0.25, -0.2) is 0 Å². The lowest BCUT2D eigenvalue weighted by Gasteiger charge is -2.27. The zero-order valence-electron chi connectivity index (χ0n) is 13.3. The smallest absolute Gasteiger partial charge is 0.310 e. The summed E-state index contributed by atoms with van der Waals surface area (Å²) in [6.45, 7) is 5.73. The summed E-state index contributed by atoms with van der Waals surface area (Å²) in [6.07, 6.45) is 6.00. The van der Waals surface area contributed by atoms with E-state index in [-0.39, 0.29) is 23.7 Å². The van der Waals surface area contributed by atoms with Crippen LogP contribution in [0.15, 0.2) is 0 Å². The molecule has 2 unspecified atom stereocenters. The first-order valence-electron chi connectivity index (χ1n) is 8.19. The van der Waals surface area contributed by atoms with Crippen LogP contribution in [0.25, 0.3) is 0 Å².